The van der Waals surface area contributed by atoms with E-state index in [4.69, 9.17) is 23.2 Å². The predicted molar refractivity (Wildman–Crippen MR) is 80.9 cm³/mol. The Balaban J connectivity index is 2.06. The van der Waals surface area contributed by atoms with E-state index in [0.29, 0.717) is 11.3 Å². The number of benzene rings is 1. The van der Waals surface area contributed by atoms with Gasteiger partial charge in [-0.2, -0.15) is 0 Å². The number of alkyl halides is 1. The van der Waals surface area contributed by atoms with Crippen molar-refractivity contribution in [3.05, 3.63) is 29.0 Å². The van der Waals surface area contributed by atoms with Gasteiger partial charge in [-0.05, 0) is 36.8 Å². The highest BCUT2D eigenvalue weighted by Gasteiger charge is 2.42. The van der Waals surface area contributed by atoms with Crippen LogP contribution in [0.3, 0.4) is 0 Å². The molecule has 1 aromatic carbocycles. The summed E-state index contributed by atoms with van der Waals surface area (Å²) in [5, 5.41) is 0.772. The standard InChI is InChI=1S/C15H18Cl2N2/c1-2-6-15(7-8-15)10-19-13(9-16)18-12-5-3-4-11(17)14(12)19/h3-5H,2,6-10H2,1H3. The second-order valence-corrected chi connectivity index (χ2v) is 6.28. The minimum Gasteiger partial charge on any atom is -0.325 e. The van der Waals surface area contributed by atoms with Crippen molar-refractivity contribution in [3.63, 3.8) is 0 Å². The second-order valence-electron chi connectivity index (χ2n) is 5.61. The number of rotatable bonds is 5. The minimum absolute atomic E-state index is 0.438. The third kappa shape index (κ3) is 2.36. The van der Waals surface area contributed by atoms with E-state index in [1.54, 1.807) is 0 Å². The first-order valence-electron chi connectivity index (χ1n) is 6.89. The topological polar surface area (TPSA) is 17.8 Å². The predicted octanol–water partition coefficient (Wildman–Crippen LogP) is 5.01. The second kappa shape index (κ2) is 4.99. The maximum Gasteiger partial charge on any atom is 0.124 e. The first-order valence-corrected chi connectivity index (χ1v) is 7.80. The van der Waals surface area contributed by atoms with Crippen molar-refractivity contribution in [2.75, 3.05) is 0 Å². The lowest BCUT2D eigenvalue weighted by atomic mass is 10.0. The van der Waals surface area contributed by atoms with Crippen LogP contribution in [0.5, 0.6) is 0 Å². The molecule has 0 atom stereocenters. The first-order chi connectivity index (χ1) is 9.19. The Hall–Kier alpha value is -0.730. The Morgan fingerprint density at radius 3 is 2.79 bits per heavy atom. The van der Waals surface area contributed by atoms with E-state index < -0.39 is 0 Å². The molecule has 1 heterocycles. The fourth-order valence-electron chi connectivity index (χ4n) is 2.99. The molecule has 1 aliphatic rings. The first kappa shape index (κ1) is 13.3. The van der Waals surface area contributed by atoms with Gasteiger partial charge in [0, 0.05) is 6.54 Å². The molecule has 0 N–H and O–H groups in total. The van der Waals surface area contributed by atoms with Crippen LogP contribution in [0, 0.1) is 5.41 Å². The molecule has 0 unspecified atom stereocenters. The third-order valence-electron chi connectivity index (χ3n) is 4.15. The molecule has 3 rings (SSSR count). The van der Waals surface area contributed by atoms with Crippen molar-refractivity contribution < 1.29 is 0 Å². The monoisotopic (exact) mass is 296 g/mol. The van der Waals surface area contributed by atoms with Gasteiger partial charge in [-0.1, -0.05) is 31.0 Å². The molecule has 0 amide bonds. The van der Waals surface area contributed by atoms with E-state index in [2.05, 4.69) is 16.5 Å². The molecule has 4 heteroatoms. The van der Waals surface area contributed by atoms with Gasteiger partial charge < -0.3 is 4.57 Å². The number of imidazole rings is 1. The summed E-state index contributed by atoms with van der Waals surface area (Å²) in [6, 6.07) is 5.88. The van der Waals surface area contributed by atoms with E-state index in [1.807, 2.05) is 18.2 Å². The summed E-state index contributed by atoms with van der Waals surface area (Å²) in [6.07, 6.45) is 5.13. The number of hydrogen-bond donors (Lipinski definition) is 0. The number of fused-ring (bicyclic) bond motifs is 1. The lowest BCUT2D eigenvalue weighted by Crippen LogP contribution is -2.13. The highest BCUT2D eigenvalue weighted by atomic mass is 35.5. The van der Waals surface area contributed by atoms with Crippen LogP contribution < -0.4 is 0 Å². The number of hydrogen-bond acceptors (Lipinski definition) is 1. The number of halogens is 2. The lowest BCUT2D eigenvalue weighted by molar-refractivity contribution is 0.389. The van der Waals surface area contributed by atoms with Gasteiger partial charge in [-0.3, -0.25) is 0 Å². The fraction of sp³-hybridized carbons (Fsp3) is 0.533. The van der Waals surface area contributed by atoms with Gasteiger partial charge in [0.05, 0.1) is 21.9 Å². The Labute approximate surface area is 123 Å². The zero-order valence-corrected chi connectivity index (χ0v) is 12.6. The van der Waals surface area contributed by atoms with Gasteiger partial charge in [-0.25, -0.2) is 4.98 Å². The van der Waals surface area contributed by atoms with Crippen LogP contribution in [0.15, 0.2) is 18.2 Å². The van der Waals surface area contributed by atoms with Crippen molar-refractivity contribution >= 4 is 34.2 Å². The zero-order valence-electron chi connectivity index (χ0n) is 11.1. The number of para-hydroxylation sites is 1. The normalized spacial score (nSPS) is 17.0. The van der Waals surface area contributed by atoms with Crippen LogP contribution in [-0.2, 0) is 12.4 Å². The van der Waals surface area contributed by atoms with Crippen molar-refractivity contribution in [2.24, 2.45) is 5.41 Å². The summed E-state index contributed by atoms with van der Waals surface area (Å²) in [7, 11) is 0. The Morgan fingerprint density at radius 1 is 1.37 bits per heavy atom. The minimum atomic E-state index is 0.438. The van der Waals surface area contributed by atoms with Crippen molar-refractivity contribution in [3.8, 4) is 0 Å². The average Bonchev–Trinajstić information content (AvgIpc) is 3.04. The molecule has 0 radical (unpaired) electrons. The van der Waals surface area contributed by atoms with E-state index in [0.717, 1.165) is 28.4 Å². The van der Waals surface area contributed by atoms with Crippen LogP contribution in [-0.4, -0.2) is 9.55 Å². The van der Waals surface area contributed by atoms with E-state index in [-0.39, 0.29) is 0 Å². The quantitative estimate of drug-likeness (QED) is 0.709. The molecule has 1 aromatic heterocycles. The summed E-state index contributed by atoms with van der Waals surface area (Å²) in [5.74, 6) is 1.37. The number of nitrogens with zero attached hydrogens (tertiary/aromatic N) is 2. The van der Waals surface area contributed by atoms with Crippen LogP contribution in [0.1, 0.15) is 38.4 Å². The third-order valence-corrected chi connectivity index (χ3v) is 4.69. The molecule has 0 aliphatic heterocycles. The van der Waals surface area contributed by atoms with Crippen molar-refractivity contribution in [1.82, 2.24) is 9.55 Å². The van der Waals surface area contributed by atoms with Crippen LogP contribution in [0.25, 0.3) is 11.0 Å². The molecule has 2 nitrogen and oxygen atoms in total. The molecule has 2 aromatic rings. The van der Waals surface area contributed by atoms with E-state index >= 15 is 0 Å². The van der Waals surface area contributed by atoms with Gasteiger partial charge >= 0.3 is 0 Å². The van der Waals surface area contributed by atoms with Crippen molar-refractivity contribution in [2.45, 2.75) is 45.0 Å². The summed E-state index contributed by atoms with van der Waals surface area (Å²) in [6.45, 7) is 3.25. The molecular weight excluding hydrogens is 279 g/mol. The summed E-state index contributed by atoms with van der Waals surface area (Å²) in [4.78, 5) is 4.61. The van der Waals surface area contributed by atoms with Gasteiger partial charge in [0.2, 0.25) is 0 Å². The Kier molecular flexibility index (Phi) is 3.48. The SMILES string of the molecule is CCCC1(Cn2c(CCl)nc3cccc(Cl)c32)CC1. The zero-order chi connectivity index (χ0) is 13.5. The molecule has 0 bridgehead atoms. The van der Waals surface area contributed by atoms with Crippen LogP contribution >= 0.6 is 23.2 Å². The van der Waals surface area contributed by atoms with Crippen molar-refractivity contribution in [1.29, 1.82) is 0 Å². The molecular formula is C15H18Cl2N2. The van der Waals surface area contributed by atoms with Crippen LogP contribution in [0.4, 0.5) is 0 Å². The molecule has 19 heavy (non-hydrogen) atoms. The van der Waals surface area contributed by atoms with Gasteiger partial charge in [0.25, 0.3) is 0 Å². The lowest BCUT2D eigenvalue weighted by Gasteiger charge is -2.17. The maximum absolute atomic E-state index is 6.35. The fourth-order valence-corrected chi connectivity index (χ4v) is 3.47. The summed E-state index contributed by atoms with van der Waals surface area (Å²) in [5.41, 5.74) is 2.46. The highest BCUT2D eigenvalue weighted by Crippen LogP contribution is 2.51. The van der Waals surface area contributed by atoms with Gasteiger partial charge in [0.15, 0.2) is 0 Å². The summed E-state index contributed by atoms with van der Waals surface area (Å²) >= 11 is 12.4. The molecule has 0 saturated heterocycles. The Bertz CT molecular complexity index is 599. The van der Waals surface area contributed by atoms with E-state index in [1.165, 1.54) is 25.7 Å². The number of aromatic nitrogens is 2. The smallest absolute Gasteiger partial charge is 0.124 e. The summed E-state index contributed by atoms with van der Waals surface area (Å²) < 4.78 is 2.24. The molecule has 1 saturated carbocycles. The van der Waals surface area contributed by atoms with Crippen LogP contribution in [0.2, 0.25) is 5.02 Å². The van der Waals surface area contributed by atoms with Gasteiger partial charge in [0.1, 0.15) is 5.82 Å². The van der Waals surface area contributed by atoms with Gasteiger partial charge in [-0.15, -0.1) is 11.6 Å². The largest absolute Gasteiger partial charge is 0.325 e. The van der Waals surface area contributed by atoms with E-state index in [9.17, 15) is 0 Å². The highest BCUT2D eigenvalue weighted by molar-refractivity contribution is 6.35. The molecule has 0 spiro atoms. The molecule has 1 fully saturated rings. The Morgan fingerprint density at radius 2 is 2.16 bits per heavy atom. The average molecular weight is 297 g/mol. The molecule has 102 valence electrons. The molecule has 1 aliphatic carbocycles. The maximum atomic E-state index is 6.35.